The highest BCUT2D eigenvalue weighted by molar-refractivity contribution is 6.32. The fraction of sp³-hybridized carbons (Fsp3) is 0.400. The predicted molar refractivity (Wildman–Crippen MR) is 55.3 cm³/mol. The zero-order chi connectivity index (χ0) is 9.97. The molecule has 0 aliphatic carbocycles. The molecule has 1 N–H and O–H groups in total. The first-order chi connectivity index (χ1) is 6.81. The molecule has 4 heteroatoms. The van der Waals surface area contributed by atoms with Crippen LogP contribution < -0.4 is 14.8 Å². The molecule has 1 aromatic carbocycles. The maximum atomic E-state index is 6.01. The number of para-hydroxylation sites is 1. The van der Waals surface area contributed by atoms with Gasteiger partial charge in [-0.2, -0.15) is 0 Å². The van der Waals surface area contributed by atoms with Gasteiger partial charge in [-0.25, -0.2) is 0 Å². The molecular formula is C10H12ClNO2. The Hall–Kier alpha value is -0.930. The molecule has 0 unspecified atom stereocenters. The maximum Gasteiger partial charge on any atom is 0.180 e. The summed E-state index contributed by atoms with van der Waals surface area (Å²) in [5.41, 5.74) is 0. The number of ether oxygens (including phenoxy) is 2. The van der Waals surface area contributed by atoms with Crippen molar-refractivity contribution in [3.8, 4) is 11.5 Å². The molecule has 1 aliphatic rings. The molecule has 1 fully saturated rings. The minimum absolute atomic E-state index is 0.212. The first kappa shape index (κ1) is 9.62. The normalized spacial score (nSPS) is 16.1. The first-order valence-electron chi connectivity index (χ1n) is 4.51. The van der Waals surface area contributed by atoms with Gasteiger partial charge in [-0.05, 0) is 12.1 Å². The smallest absolute Gasteiger partial charge is 0.180 e. The van der Waals surface area contributed by atoms with E-state index in [0.717, 1.165) is 13.1 Å². The highest BCUT2D eigenvalue weighted by atomic mass is 35.5. The molecule has 0 radical (unpaired) electrons. The van der Waals surface area contributed by atoms with Crippen LogP contribution in [0.25, 0.3) is 0 Å². The summed E-state index contributed by atoms with van der Waals surface area (Å²) >= 11 is 6.01. The Balaban J connectivity index is 2.19. The second-order valence-electron chi connectivity index (χ2n) is 3.17. The largest absolute Gasteiger partial charge is 0.493 e. The Morgan fingerprint density at radius 1 is 1.43 bits per heavy atom. The van der Waals surface area contributed by atoms with E-state index < -0.39 is 0 Å². The van der Waals surface area contributed by atoms with Crippen LogP contribution in [-0.2, 0) is 0 Å². The van der Waals surface area contributed by atoms with Gasteiger partial charge in [-0.3, -0.25) is 0 Å². The van der Waals surface area contributed by atoms with Gasteiger partial charge in [0, 0.05) is 13.1 Å². The topological polar surface area (TPSA) is 30.5 Å². The Labute approximate surface area is 88.0 Å². The lowest BCUT2D eigenvalue weighted by Gasteiger charge is -2.28. The second kappa shape index (κ2) is 4.07. The molecule has 1 heterocycles. The Morgan fingerprint density at radius 3 is 2.79 bits per heavy atom. The van der Waals surface area contributed by atoms with Crippen LogP contribution in [0.2, 0.25) is 5.02 Å². The van der Waals surface area contributed by atoms with Crippen molar-refractivity contribution in [3.63, 3.8) is 0 Å². The lowest BCUT2D eigenvalue weighted by Crippen LogP contribution is -2.50. The molecule has 1 aromatic rings. The third-order valence-electron chi connectivity index (χ3n) is 2.18. The number of halogens is 1. The maximum absolute atomic E-state index is 6.01. The molecule has 0 bridgehead atoms. The summed E-state index contributed by atoms with van der Waals surface area (Å²) in [4.78, 5) is 0. The average Bonchev–Trinajstić information content (AvgIpc) is 2.12. The number of hydrogen-bond acceptors (Lipinski definition) is 3. The van der Waals surface area contributed by atoms with Gasteiger partial charge in [0.15, 0.2) is 11.5 Å². The summed E-state index contributed by atoms with van der Waals surface area (Å²) < 4.78 is 10.8. The van der Waals surface area contributed by atoms with Crippen molar-refractivity contribution in [2.75, 3.05) is 20.2 Å². The van der Waals surface area contributed by atoms with Crippen molar-refractivity contribution >= 4 is 11.6 Å². The van der Waals surface area contributed by atoms with Gasteiger partial charge in [-0.15, -0.1) is 0 Å². The summed E-state index contributed by atoms with van der Waals surface area (Å²) in [6, 6.07) is 5.48. The quantitative estimate of drug-likeness (QED) is 0.829. The molecular weight excluding hydrogens is 202 g/mol. The van der Waals surface area contributed by atoms with Crippen LogP contribution >= 0.6 is 11.6 Å². The zero-order valence-corrected chi connectivity index (χ0v) is 8.67. The minimum atomic E-state index is 0.212. The van der Waals surface area contributed by atoms with E-state index in [1.54, 1.807) is 13.2 Å². The van der Waals surface area contributed by atoms with Crippen molar-refractivity contribution in [1.82, 2.24) is 5.32 Å². The molecule has 2 rings (SSSR count). The van der Waals surface area contributed by atoms with Crippen LogP contribution in [0.4, 0.5) is 0 Å². The number of benzene rings is 1. The first-order valence-corrected chi connectivity index (χ1v) is 4.89. The van der Waals surface area contributed by atoms with Crippen LogP contribution in [0, 0.1) is 0 Å². The van der Waals surface area contributed by atoms with Gasteiger partial charge in [0.25, 0.3) is 0 Å². The van der Waals surface area contributed by atoms with E-state index >= 15 is 0 Å². The summed E-state index contributed by atoms with van der Waals surface area (Å²) in [7, 11) is 1.61. The van der Waals surface area contributed by atoms with Crippen LogP contribution in [0.3, 0.4) is 0 Å². The Kier molecular flexibility index (Phi) is 2.79. The molecule has 0 spiro atoms. The molecule has 1 aliphatic heterocycles. The number of nitrogens with one attached hydrogen (secondary N) is 1. The van der Waals surface area contributed by atoms with Crippen LogP contribution in [0.5, 0.6) is 11.5 Å². The third kappa shape index (κ3) is 1.79. The highest BCUT2D eigenvalue weighted by Gasteiger charge is 2.21. The molecule has 3 nitrogen and oxygen atoms in total. The van der Waals surface area contributed by atoms with Gasteiger partial charge < -0.3 is 14.8 Å². The van der Waals surface area contributed by atoms with E-state index in [9.17, 15) is 0 Å². The number of methoxy groups -OCH3 is 1. The second-order valence-corrected chi connectivity index (χ2v) is 3.58. The third-order valence-corrected chi connectivity index (χ3v) is 2.48. The van der Waals surface area contributed by atoms with Gasteiger partial charge in [0.05, 0.1) is 12.1 Å². The van der Waals surface area contributed by atoms with Gasteiger partial charge >= 0.3 is 0 Å². The van der Waals surface area contributed by atoms with E-state index in [2.05, 4.69) is 5.32 Å². The van der Waals surface area contributed by atoms with Crippen molar-refractivity contribution in [2.45, 2.75) is 6.10 Å². The molecule has 1 saturated heterocycles. The predicted octanol–water partition coefficient (Wildman–Crippen LogP) is 1.70. The van der Waals surface area contributed by atoms with Crippen molar-refractivity contribution in [2.24, 2.45) is 0 Å². The number of rotatable bonds is 3. The standard InChI is InChI=1S/C10H12ClNO2/c1-13-9-4-2-3-8(11)10(9)14-7-5-12-6-7/h2-4,7,12H,5-6H2,1H3. The lowest BCUT2D eigenvalue weighted by atomic mass is 10.2. The molecule has 14 heavy (non-hydrogen) atoms. The summed E-state index contributed by atoms with van der Waals surface area (Å²) in [5, 5.41) is 3.72. The molecule has 0 saturated carbocycles. The fourth-order valence-electron chi connectivity index (χ4n) is 1.28. The van der Waals surface area contributed by atoms with E-state index in [-0.39, 0.29) is 6.10 Å². The molecule has 76 valence electrons. The molecule has 0 atom stereocenters. The van der Waals surface area contributed by atoms with Gasteiger partial charge in [0.2, 0.25) is 0 Å². The number of hydrogen-bond donors (Lipinski definition) is 1. The molecule has 0 amide bonds. The van der Waals surface area contributed by atoms with E-state index in [1.165, 1.54) is 0 Å². The zero-order valence-electron chi connectivity index (χ0n) is 7.92. The van der Waals surface area contributed by atoms with Crippen LogP contribution in [0.15, 0.2) is 18.2 Å². The van der Waals surface area contributed by atoms with Crippen LogP contribution in [-0.4, -0.2) is 26.3 Å². The Morgan fingerprint density at radius 2 is 2.21 bits per heavy atom. The SMILES string of the molecule is COc1cccc(Cl)c1OC1CNC1. The van der Waals surface area contributed by atoms with Crippen LogP contribution in [0.1, 0.15) is 0 Å². The van der Waals surface area contributed by atoms with E-state index in [1.807, 2.05) is 12.1 Å². The average molecular weight is 214 g/mol. The summed E-state index contributed by atoms with van der Waals surface area (Å²) in [6.45, 7) is 1.74. The Bertz CT molecular complexity index is 326. The van der Waals surface area contributed by atoms with Gasteiger partial charge in [-0.1, -0.05) is 17.7 Å². The highest BCUT2D eigenvalue weighted by Crippen LogP contribution is 2.35. The van der Waals surface area contributed by atoms with E-state index in [0.29, 0.717) is 16.5 Å². The van der Waals surface area contributed by atoms with Crippen molar-refractivity contribution in [1.29, 1.82) is 0 Å². The summed E-state index contributed by atoms with van der Waals surface area (Å²) in [6.07, 6.45) is 0.212. The van der Waals surface area contributed by atoms with Crippen molar-refractivity contribution in [3.05, 3.63) is 23.2 Å². The molecule has 0 aromatic heterocycles. The van der Waals surface area contributed by atoms with E-state index in [4.69, 9.17) is 21.1 Å². The summed E-state index contributed by atoms with van der Waals surface area (Å²) in [5.74, 6) is 1.33. The van der Waals surface area contributed by atoms with Gasteiger partial charge in [0.1, 0.15) is 6.10 Å². The monoisotopic (exact) mass is 213 g/mol. The minimum Gasteiger partial charge on any atom is -0.493 e. The lowest BCUT2D eigenvalue weighted by molar-refractivity contribution is 0.137. The van der Waals surface area contributed by atoms with Crippen molar-refractivity contribution < 1.29 is 9.47 Å². The fourth-order valence-corrected chi connectivity index (χ4v) is 1.49.